The van der Waals surface area contributed by atoms with Crippen molar-refractivity contribution in [2.45, 2.75) is 38.3 Å². The average molecular weight is 361 g/mol. The predicted octanol–water partition coefficient (Wildman–Crippen LogP) is 4.05. The molecule has 0 radical (unpaired) electrons. The lowest BCUT2D eigenvalue weighted by Gasteiger charge is -2.35. The Bertz CT molecular complexity index is 894. The lowest BCUT2D eigenvalue weighted by molar-refractivity contribution is -0.126. The normalized spacial score (nSPS) is 17.1. The molecule has 2 heterocycles. The van der Waals surface area contributed by atoms with Crippen molar-refractivity contribution in [3.05, 3.63) is 71.9 Å². The van der Waals surface area contributed by atoms with Crippen LogP contribution in [0.4, 0.5) is 0 Å². The molecule has 1 saturated heterocycles. The molecule has 4 heteroatoms. The van der Waals surface area contributed by atoms with Crippen LogP contribution in [0.15, 0.2) is 60.8 Å². The summed E-state index contributed by atoms with van der Waals surface area (Å²) in [5.74, 6) is 0.682. The van der Waals surface area contributed by atoms with Gasteiger partial charge in [-0.3, -0.25) is 9.69 Å². The van der Waals surface area contributed by atoms with Gasteiger partial charge in [-0.25, -0.2) is 0 Å². The number of aromatic nitrogens is 1. The summed E-state index contributed by atoms with van der Waals surface area (Å²) in [6, 6.07) is 18.5. The monoisotopic (exact) mass is 361 g/mol. The van der Waals surface area contributed by atoms with Crippen LogP contribution in [-0.2, 0) is 11.3 Å². The van der Waals surface area contributed by atoms with Gasteiger partial charge in [0.2, 0.25) is 5.91 Å². The molecular weight excluding hydrogens is 334 g/mol. The Morgan fingerprint density at radius 1 is 1.11 bits per heavy atom. The molecule has 1 aliphatic heterocycles. The van der Waals surface area contributed by atoms with Gasteiger partial charge in [0.05, 0.1) is 6.04 Å². The number of piperidine rings is 1. The number of hydrogen-bond acceptors (Lipinski definition) is 2. The van der Waals surface area contributed by atoms with Crippen molar-refractivity contribution >= 4 is 16.8 Å². The van der Waals surface area contributed by atoms with Crippen LogP contribution in [0.25, 0.3) is 10.9 Å². The molecule has 4 nitrogen and oxygen atoms in total. The van der Waals surface area contributed by atoms with Crippen molar-refractivity contribution in [2.24, 2.45) is 0 Å². The van der Waals surface area contributed by atoms with Crippen LogP contribution in [0.3, 0.4) is 0 Å². The van der Waals surface area contributed by atoms with Crippen LogP contribution in [0, 0.1) is 0 Å². The molecule has 0 spiro atoms. The summed E-state index contributed by atoms with van der Waals surface area (Å²) in [5.41, 5.74) is 3.77. The van der Waals surface area contributed by atoms with Crippen LogP contribution in [-0.4, -0.2) is 34.9 Å². The zero-order valence-corrected chi connectivity index (χ0v) is 15.8. The van der Waals surface area contributed by atoms with Gasteiger partial charge in [-0.05, 0) is 56.0 Å². The smallest absolute Gasteiger partial charge is 0.237 e. The van der Waals surface area contributed by atoms with Gasteiger partial charge < -0.3 is 10.3 Å². The molecule has 0 saturated carbocycles. The highest BCUT2D eigenvalue weighted by Gasteiger charge is 2.28. The molecule has 0 aliphatic carbocycles. The number of rotatable bonds is 5. The second-order valence-corrected chi connectivity index (χ2v) is 7.48. The summed E-state index contributed by atoms with van der Waals surface area (Å²) < 4.78 is 0. The second-order valence-electron chi connectivity index (χ2n) is 7.48. The van der Waals surface area contributed by atoms with Gasteiger partial charge in [0.25, 0.3) is 0 Å². The Balaban J connectivity index is 1.32. The number of aromatic amines is 1. The van der Waals surface area contributed by atoms with Gasteiger partial charge in [0.15, 0.2) is 0 Å². The Kier molecular flexibility index (Phi) is 5.26. The van der Waals surface area contributed by atoms with E-state index in [9.17, 15) is 4.79 Å². The fourth-order valence-corrected chi connectivity index (χ4v) is 4.13. The van der Waals surface area contributed by atoms with Crippen LogP contribution in [0.2, 0.25) is 0 Å². The van der Waals surface area contributed by atoms with E-state index >= 15 is 0 Å². The molecule has 0 unspecified atom stereocenters. The number of H-pyrrole nitrogens is 1. The van der Waals surface area contributed by atoms with Crippen molar-refractivity contribution in [1.29, 1.82) is 0 Å². The minimum Gasteiger partial charge on any atom is -0.361 e. The van der Waals surface area contributed by atoms with Crippen molar-refractivity contribution in [2.75, 3.05) is 13.1 Å². The number of hydrogen-bond donors (Lipinski definition) is 2. The molecule has 2 N–H and O–H groups in total. The largest absolute Gasteiger partial charge is 0.361 e. The predicted molar refractivity (Wildman–Crippen MR) is 110 cm³/mol. The number of para-hydroxylation sites is 1. The highest BCUT2D eigenvalue weighted by molar-refractivity contribution is 5.83. The molecule has 4 rings (SSSR count). The van der Waals surface area contributed by atoms with E-state index in [2.05, 4.69) is 45.7 Å². The van der Waals surface area contributed by atoms with E-state index in [-0.39, 0.29) is 11.9 Å². The lowest BCUT2D eigenvalue weighted by Crippen LogP contribution is -2.47. The topological polar surface area (TPSA) is 48.1 Å². The number of carbonyl (C=O) groups is 1. The van der Waals surface area contributed by atoms with Gasteiger partial charge in [0.1, 0.15) is 0 Å². The molecule has 140 valence electrons. The zero-order chi connectivity index (χ0) is 18.6. The highest BCUT2D eigenvalue weighted by atomic mass is 16.2. The number of likely N-dealkylation sites (tertiary alicyclic amines) is 1. The fraction of sp³-hybridized carbons (Fsp3) is 0.348. The van der Waals surface area contributed by atoms with Gasteiger partial charge >= 0.3 is 0 Å². The number of nitrogens with one attached hydrogen (secondary N) is 2. The van der Waals surface area contributed by atoms with Gasteiger partial charge in [0, 0.05) is 23.6 Å². The third-order valence-electron chi connectivity index (χ3n) is 5.83. The summed E-state index contributed by atoms with van der Waals surface area (Å²) in [6.07, 6.45) is 4.36. The Labute approximate surface area is 160 Å². The maximum Gasteiger partial charge on any atom is 0.237 e. The standard InChI is InChI=1S/C23H27N3O/c1-17(23(27)25-15-18-7-3-2-4-8-18)26-13-11-19(12-14-26)21-16-24-22-10-6-5-9-20(21)22/h2-10,16-17,19,24H,11-15H2,1H3,(H,25,27)/t17-/m1/s1. The van der Waals surface area contributed by atoms with Gasteiger partial charge in [-0.1, -0.05) is 48.5 Å². The molecule has 1 atom stereocenters. The summed E-state index contributed by atoms with van der Waals surface area (Å²) in [7, 11) is 0. The van der Waals surface area contributed by atoms with E-state index in [1.54, 1.807) is 0 Å². The van der Waals surface area contributed by atoms with Crippen LogP contribution < -0.4 is 5.32 Å². The van der Waals surface area contributed by atoms with E-state index < -0.39 is 0 Å². The second kappa shape index (κ2) is 7.97. The van der Waals surface area contributed by atoms with E-state index in [1.807, 2.05) is 37.3 Å². The van der Waals surface area contributed by atoms with Crippen molar-refractivity contribution in [3.63, 3.8) is 0 Å². The molecule has 2 aromatic carbocycles. The number of nitrogens with zero attached hydrogens (tertiary/aromatic N) is 1. The summed E-state index contributed by atoms with van der Waals surface area (Å²) in [6.45, 7) is 4.54. The van der Waals surface area contributed by atoms with Crippen molar-refractivity contribution < 1.29 is 4.79 Å². The van der Waals surface area contributed by atoms with Crippen LogP contribution in [0.5, 0.6) is 0 Å². The van der Waals surface area contributed by atoms with E-state index in [0.717, 1.165) is 31.5 Å². The summed E-state index contributed by atoms with van der Waals surface area (Å²) >= 11 is 0. The molecule has 27 heavy (non-hydrogen) atoms. The lowest BCUT2D eigenvalue weighted by atomic mass is 9.88. The van der Waals surface area contributed by atoms with Gasteiger partial charge in [-0.2, -0.15) is 0 Å². The Morgan fingerprint density at radius 2 is 1.81 bits per heavy atom. The first-order valence-corrected chi connectivity index (χ1v) is 9.84. The maximum atomic E-state index is 12.5. The molecular formula is C23H27N3O. The van der Waals surface area contributed by atoms with Crippen molar-refractivity contribution in [1.82, 2.24) is 15.2 Å². The minimum atomic E-state index is -0.0855. The Morgan fingerprint density at radius 3 is 2.59 bits per heavy atom. The number of carbonyl (C=O) groups excluding carboxylic acids is 1. The zero-order valence-electron chi connectivity index (χ0n) is 15.8. The summed E-state index contributed by atoms with van der Waals surface area (Å²) in [5, 5.41) is 4.41. The first kappa shape index (κ1) is 17.8. The van der Waals surface area contributed by atoms with Crippen LogP contribution >= 0.6 is 0 Å². The molecule has 1 aliphatic rings. The van der Waals surface area contributed by atoms with Crippen molar-refractivity contribution in [3.8, 4) is 0 Å². The van der Waals surface area contributed by atoms with E-state index in [0.29, 0.717) is 12.5 Å². The van der Waals surface area contributed by atoms with E-state index in [4.69, 9.17) is 0 Å². The average Bonchev–Trinajstić information content (AvgIpc) is 3.16. The summed E-state index contributed by atoms with van der Waals surface area (Å²) in [4.78, 5) is 18.2. The first-order chi connectivity index (χ1) is 13.2. The molecule has 1 aromatic heterocycles. The first-order valence-electron chi connectivity index (χ1n) is 9.84. The molecule has 3 aromatic rings. The number of fused-ring (bicyclic) bond motifs is 1. The quantitative estimate of drug-likeness (QED) is 0.720. The molecule has 0 bridgehead atoms. The minimum absolute atomic E-state index is 0.0855. The number of amides is 1. The van der Waals surface area contributed by atoms with Gasteiger partial charge in [-0.15, -0.1) is 0 Å². The maximum absolute atomic E-state index is 12.5. The van der Waals surface area contributed by atoms with Crippen LogP contribution in [0.1, 0.15) is 36.8 Å². The molecule has 1 amide bonds. The fourth-order valence-electron chi connectivity index (χ4n) is 4.13. The molecule has 1 fully saturated rings. The third-order valence-corrected chi connectivity index (χ3v) is 5.83. The SMILES string of the molecule is C[C@H](C(=O)NCc1ccccc1)N1CCC(c2c[nH]c3ccccc23)CC1. The van der Waals surface area contributed by atoms with E-state index in [1.165, 1.54) is 16.5 Å². The third kappa shape index (κ3) is 3.91. The Hall–Kier alpha value is -2.59. The number of benzene rings is 2. The highest BCUT2D eigenvalue weighted by Crippen LogP contribution is 2.33.